The van der Waals surface area contributed by atoms with Gasteiger partial charge in [-0.3, -0.25) is 9.89 Å². The number of aryl methyl sites for hydroxylation is 1. The number of aromatic nitrogens is 4. The number of hydrogen-bond acceptors (Lipinski definition) is 4. The van der Waals surface area contributed by atoms with E-state index in [4.69, 9.17) is 11.6 Å². The average Bonchev–Trinajstić information content (AvgIpc) is 2.96. The number of benzene rings is 1. The average molecular weight is 346 g/mol. The van der Waals surface area contributed by atoms with Crippen LogP contribution >= 0.6 is 11.6 Å². The number of fused-ring (bicyclic) bond motifs is 1. The van der Waals surface area contributed by atoms with Crippen LogP contribution in [0.5, 0.6) is 0 Å². The second kappa shape index (κ2) is 7.05. The Labute approximate surface area is 144 Å². The van der Waals surface area contributed by atoms with Crippen molar-refractivity contribution in [2.45, 2.75) is 39.7 Å². The van der Waals surface area contributed by atoms with Crippen LogP contribution in [0, 0.1) is 6.92 Å². The van der Waals surface area contributed by atoms with Crippen LogP contribution in [0.15, 0.2) is 29.1 Å². The SMILES string of the molecule is CCCCc1c(C)nc2nc(NCc3cccc(Cl)c3)[nH]n2c1=O. The van der Waals surface area contributed by atoms with Gasteiger partial charge in [-0.2, -0.15) is 9.50 Å². The van der Waals surface area contributed by atoms with Crippen molar-refractivity contribution in [3.63, 3.8) is 0 Å². The largest absolute Gasteiger partial charge is 0.351 e. The molecule has 0 saturated heterocycles. The van der Waals surface area contributed by atoms with Crippen LogP contribution < -0.4 is 10.9 Å². The van der Waals surface area contributed by atoms with Gasteiger partial charge in [0.2, 0.25) is 5.95 Å². The summed E-state index contributed by atoms with van der Waals surface area (Å²) in [6.07, 6.45) is 2.75. The maximum Gasteiger partial charge on any atom is 0.277 e. The van der Waals surface area contributed by atoms with E-state index >= 15 is 0 Å². The third-order valence-corrected chi connectivity index (χ3v) is 4.16. The summed E-state index contributed by atoms with van der Waals surface area (Å²) < 4.78 is 1.40. The molecule has 3 aromatic rings. The molecule has 126 valence electrons. The second-order valence-electron chi connectivity index (χ2n) is 5.78. The summed E-state index contributed by atoms with van der Waals surface area (Å²) in [7, 11) is 0. The van der Waals surface area contributed by atoms with E-state index in [9.17, 15) is 4.79 Å². The summed E-state index contributed by atoms with van der Waals surface area (Å²) in [6, 6.07) is 7.58. The third kappa shape index (κ3) is 3.43. The Morgan fingerprint density at radius 2 is 2.17 bits per heavy atom. The van der Waals surface area contributed by atoms with E-state index in [0.29, 0.717) is 23.3 Å². The molecule has 0 atom stereocenters. The minimum Gasteiger partial charge on any atom is -0.351 e. The molecular formula is C17H20ClN5O. The van der Waals surface area contributed by atoms with E-state index < -0.39 is 0 Å². The molecule has 0 fully saturated rings. The topological polar surface area (TPSA) is 75.1 Å². The highest BCUT2D eigenvalue weighted by atomic mass is 35.5. The lowest BCUT2D eigenvalue weighted by molar-refractivity contribution is 0.759. The lowest BCUT2D eigenvalue weighted by Gasteiger charge is -2.03. The van der Waals surface area contributed by atoms with E-state index in [1.165, 1.54) is 4.52 Å². The Bertz CT molecular complexity index is 915. The van der Waals surface area contributed by atoms with Gasteiger partial charge in [0.1, 0.15) is 0 Å². The molecule has 2 aromatic heterocycles. The first-order chi connectivity index (χ1) is 11.6. The zero-order valence-electron chi connectivity index (χ0n) is 13.8. The number of hydrogen-bond donors (Lipinski definition) is 2. The van der Waals surface area contributed by atoms with Crippen molar-refractivity contribution >= 4 is 23.3 Å². The molecule has 0 amide bonds. The molecule has 3 rings (SSSR count). The number of halogens is 1. The lowest BCUT2D eigenvalue weighted by Crippen LogP contribution is -2.22. The summed E-state index contributed by atoms with van der Waals surface area (Å²) in [6.45, 7) is 4.52. The van der Waals surface area contributed by atoms with E-state index in [1.54, 1.807) is 0 Å². The Morgan fingerprint density at radius 1 is 1.33 bits per heavy atom. The predicted octanol–water partition coefficient (Wildman–Crippen LogP) is 3.33. The third-order valence-electron chi connectivity index (χ3n) is 3.92. The van der Waals surface area contributed by atoms with Gasteiger partial charge in [-0.25, -0.2) is 4.98 Å². The number of nitrogens with one attached hydrogen (secondary N) is 2. The molecule has 0 bridgehead atoms. The van der Waals surface area contributed by atoms with Gasteiger partial charge in [0.25, 0.3) is 11.3 Å². The summed E-state index contributed by atoms with van der Waals surface area (Å²) in [5.74, 6) is 0.887. The molecule has 0 spiro atoms. The molecule has 0 aliphatic heterocycles. The fraction of sp³-hybridized carbons (Fsp3) is 0.353. The fourth-order valence-electron chi connectivity index (χ4n) is 2.61. The van der Waals surface area contributed by atoms with Crippen LogP contribution in [0.4, 0.5) is 5.95 Å². The molecule has 1 aromatic carbocycles. The first-order valence-electron chi connectivity index (χ1n) is 8.05. The van der Waals surface area contributed by atoms with Crippen LogP contribution in [0.3, 0.4) is 0 Å². The predicted molar refractivity (Wildman–Crippen MR) is 95.7 cm³/mol. The number of nitrogens with zero attached hydrogens (tertiary/aromatic N) is 3. The normalized spacial score (nSPS) is 11.1. The van der Waals surface area contributed by atoms with E-state index in [1.807, 2.05) is 31.2 Å². The quantitative estimate of drug-likeness (QED) is 0.718. The molecule has 0 aliphatic carbocycles. The van der Waals surface area contributed by atoms with Gasteiger partial charge in [0.05, 0.1) is 5.69 Å². The first-order valence-corrected chi connectivity index (χ1v) is 8.43. The molecule has 24 heavy (non-hydrogen) atoms. The lowest BCUT2D eigenvalue weighted by atomic mass is 10.1. The van der Waals surface area contributed by atoms with Gasteiger partial charge in [0.15, 0.2) is 0 Å². The minimum absolute atomic E-state index is 0.0748. The highest BCUT2D eigenvalue weighted by molar-refractivity contribution is 6.30. The molecule has 6 nitrogen and oxygen atoms in total. The molecule has 0 unspecified atom stereocenters. The Morgan fingerprint density at radius 3 is 2.92 bits per heavy atom. The zero-order chi connectivity index (χ0) is 17.1. The summed E-state index contributed by atoms with van der Waals surface area (Å²) in [4.78, 5) is 21.4. The van der Waals surface area contributed by atoms with Crippen molar-refractivity contribution in [2.24, 2.45) is 0 Å². The van der Waals surface area contributed by atoms with Gasteiger partial charge in [-0.15, -0.1) is 0 Å². The number of unbranched alkanes of at least 4 members (excludes halogenated alkanes) is 1. The van der Waals surface area contributed by atoms with Crippen LogP contribution in [-0.2, 0) is 13.0 Å². The van der Waals surface area contributed by atoms with Gasteiger partial charge in [0, 0.05) is 17.1 Å². The van der Waals surface area contributed by atoms with Crippen molar-refractivity contribution in [2.75, 3.05) is 5.32 Å². The van der Waals surface area contributed by atoms with Gasteiger partial charge in [-0.05, 0) is 37.5 Å². The molecule has 7 heteroatoms. The Kier molecular flexibility index (Phi) is 4.85. The van der Waals surface area contributed by atoms with E-state index in [0.717, 1.165) is 36.1 Å². The maximum absolute atomic E-state index is 12.6. The van der Waals surface area contributed by atoms with Crippen LogP contribution in [0.1, 0.15) is 36.6 Å². The van der Waals surface area contributed by atoms with Crippen LogP contribution in [-0.4, -0.2) is 19.6 Å². The Balaban J connectivity index is 1.85. The Hall–Kier alpha value is -2.34. The van der Waals surface area contributed by atoms with Crippen molar-refractivity contribution in [3.8, 4) is 0 Å². The summed E-state index contributed by atoms with van der Waals surface area (Å²) in [5, 5.41) is 6.83. The molecule has 2 N–H and O–H groups in total. The van der Waals surface area contributed by atoms with Crippen molar-refractivity contribution in [3.05, 3.63) is 56.5 Å². The number of H-pyrrole nitrogens is 1. The van der Waals surface area contributed by atoms with Gasteiger partial charge >= 0.3 is 0 Å². The van der Waals surface area contributed by atoms with Gasteiger partial charge in [-0.1, -0.05) is 37.1 Å². The van der Waals surface area contributed by atoms with Gasteiger partial charge < -0.3 is 5.32 Å². The monoisotopic (exact) mass is 345 g/mol. The van der Waals surface area contributed by atoms with Crippen molar-refractivity contribution < 1.29 is 0 Å². The second-order valence-corrected chi connectivity index (χ2v) is 6.21. The smallest absolute Gasteiger partial charge is 0.277 e. The standard InChI is InChI=1S/C17H20ClN5O/c1-3-4-8-14-11(2)20-17-21-16(22-23(17)15(14)24)19-10-12-6-5-7-13(18)9-12/h5-7,9H,3-4,8,10H2,1-2H3,(H2,19,20,21,22). The van der Waals surface area contributed by atoms with Crippen molar-refractivity contribution in [1.29, 1.82) is 0 Å². The fourth-order valence-corrected chi connectivity index (χ4v) is 2.82. The highest BCUT2D eigenvalue weighted by Gasteiger charge is 2.12. The summed E-state index contributed by atoms with van der Waals surface area (Å²) in [5.41, 5.74) is 2.46. The van der Waals surface area contributed by atoms with E-state index in [-0.39, 0.29) is 5.56 Å². The maximum atomic E-state index is 12.6. The molecule has 0 aliphatic rings. The molecule has 2 heterocycles. The zero-order valence-corrected chi connectivity index (χ0v) is 14.5. The number of rotatable bonds is 6. The van der Waals surface area contributed by atoms with Crippen LogP contribution in [0.2, 0.25) is 5.02 Å². The van der Waals surface area contributed by atoms with Crippen molar-refractivity contribution in [1.82, 2.24) is 19.6 Å². The molecule has 0 saturated carbocycles. The molecule has 0 radical (unpaired) electrons. The van der Waals surface area contributed by atoms with Crippen LogP contribution in [0.25, 0.3) is 5.78 Å². The minimum atomic E-state index is -0.0748. The summed E-state index contributed by atoms with van der Waals surface area (Å²) >= 11 is 5.98. The first kappa shape index (κ1) is 16.5. The highest BCUT2D eigenvalue weighted by Crippen LogP contribution is 2.12. The van der Waals surface area contributed by atoms with E-state index in [2.05, 4.69) is 27.3 Å². The number of anilines is 1. The number of aromatic amines is 1. The molecular weight excluding hydrogens is 326 g/mol.